The van der Waals surface area contributed by atoms with Gasteiger partial charge >= 0.3 is 0 Å². The molecule has 0 radical (unpaired) electrons. The summed E-state index contributed by atoms with van der Waals surface area (Å²) in [6.07, 6.45) is 0. The summed E-state index contributed by atoms with van der Waals surface area (Å²) in [7, 11) is 0. The van der Waals surface area contributed by atoms with E-state index in [2.05, 4.69) is 0 Å². The van der Waals surface area contributed by atoms with E-state index in [1.54, 1.807) is 0 Å². The normalized spacial score (nSPS) is 18.3. The van der Waals surface area contributed by atoms with Crippen LogP contribution >= 0.6 is 0 Å². The second kappa shape index (κ2) is 12.2. The van der Waals surface area contributed by atoms with Crippen molar-refractivity contribution < 1.29 is 38.7 Å². The third kappa shape index (κ3) is 4.80. The molecule has 11 aromatic rings. The maximum Gasteiger partial charge on any atom is 0.136 e. The van der Waals surface area contributed by atoms with Crippen LogP contribution in [0.15, 0.2) is 155 Å². The molecule has 266 valence electrons. The first-order chi connectivity index (χ1) is 37.8. The Balaban J connectivity index is 1.39. The van der Waals surface area contributed by atoms with Gasteiger partial charge in [0.2, 0.25) is 0 Å². The van der Waals surface area contributed by atoms with Crippen molar-refractivity contribution in [2.24, 2.45) is 0 Å². The van der Waals surface area contributed by atoms with Crippen molar-refractivity contribution in [1.29, 1.82) is 0 Å². The lowest BCUT2D eigenvalue weighted by Gasteiger charge is -2.21. The van der Waals surface area contributed by atoms with E-state index in [9.17, 15) is 20.6 Å². The second-order valence-electron chi connectivity index (χ2n) is 13.8. The monoisotopic (exact) mass is 741 g/mol. The Morgan fingerprint density at radius 2 is 1.04 bits per heavy atom. The summed E-state index contributed by atoms with van der Waals surface area (Å²) in [5.74, 6) is 0. The molecule has 56 heavy (non-hydrogen) atoms. The summed E-state index contributed by atoms with van der Waals surface area (Å²) in [6.45, 7) is 6.91. The lowest BCUT2D eigenvalue weighted by atomic mass is 9.82. The molecule has 1 nitrogen and oxygen atoms in total. The lowest BCUT2D eigenvalue weighted by Crippen LogP contribution is -1.95. The van der Waals surface area contributed by atoms with Gasteiger partial charge < -0.3 is 4.42 Å². The fraction of sp³-hybridized carbons (Fsp3) is 0.0909. The summed E-state index contributed by atoms with van der Waals surface area (Å²) in [5.41, 5.74) is -3.42. The number of hydrogen-bond acceptors (Lipinski definition) is 1. The highest BCUT2D eigenvalue weighted by Crippen LogP contribution is 2.49. The molecule has 0 fully saturated rings. The van der Waals surface area contributed by atoms with Gasteiger partial charge in [0.25, 0.3) is 0 Å². The van der Waals surface area contributed by atoms with Gasteiger partial charge in [0.15, 0.2) is 0 Å². The van der Waals surface area contributed by atoms with Gasteiger partial charge in [-0.2, -0.15) is 0 Å². The summed E-state index contributed by atoms with van der Waals surface area (Å²) >= 11 is 0. The highest BCUT2D eigenvalue weighted by molar-refractivity contribution is 6.27. The smallest absolute Gasteiger partial charge is 0.136 e. The minimum absolute atomic E-state index is 0.0411. The van der Waals surface area contributed by atoms with Gasteiger partial charge in [0, 0.05) is 10.8 Å². The molecule has 0 aliphatic heterocycles. The predicted molar refractivity (Wildman–Crippen MR) is 241 cm³/mol. The lowest BCUT2D eigenvalue weighted by molar-refractivity contribution is 0.669. The van der Waals surface area contributed by atoms with Gasteiger partial charge in [-0.25, -0.2) is 0 Å². The molecule has 0 spiro atoms. The summed E-state index contributed by atoms with van der Waals surface area (Å²) in [5, 5.41) is -3.66. The minimum atomic E-state index is -0.854. The molecule has 0 aliphatic carbocycles. The number of rotatable bonds is 3. The zero-order chi connectivity index (χ0) is 59.6. The van der Waals surface area contributed by atoms with E-state index in [1.165, 1.54) is 34.6 Å². The quantitative estimate of drug-likeness (QED) is 0.130. The molecule has 1 heteroatoms. The molecule has 1 heterocycles. The standard InChI is InChI=1S/C55H40O/c1-31-18-21-44-48(24-31)53(38-20-22-40(34(4)27-38)45-25-32(2)26-46-41-15-9-8-14-39(41)35(5)28-47(45)46)42-16-10-11-17-43(42)54(44)52-33(3)19-23-50-55(52)49-29-36-12-6-7-13-37(36)30-51(49)56-50/h6-30H,1-5H3/i6D,7D,8D,9D,10D,11D,12D,13D,14D,15D,16D,17D,18D,19D,20D,21D,22D,23D,24D,25D,26D,27D,28D,29D,30D. The van der Waals surface area contributed by atoms with Crippen LogP contribution in [0.4, 0.5) is 0 Å². The van der Waals surface area contributed by atoms with Gasteiger partial charge in [0.05, 0.1) is 34.3 Å². The van der Waals surface area contributed by atoms with Crippen LogP contribution in [-0.4, -0.2) is 0 Å². The Kier molecular flexibility index (Phi) is 3.51. The highest BCUT2D eigenvalue weighted by Gasteiger charge is 2.23. The van der Waals surface area contributed by atoms with Crippen LogP contribution in [0.25, 0.3) is 109 Å². The van der Waals surface area contributed by atoms with Crippen molar-refractivity contribution in [3.63, 3.8) is 0 Å². The first-order valence-corrected chi connectivity index (χ1v) is 17.7. The highest BCUT2D eigenvalue weighted by atomic mass is 16.3. The Morgan fingerprint density at radius 3 is 1.84 bits per heavy atom. The molecule has 0 N–H and O–H groups in total. The van der Waals surface area contributed by atoms with E-state index in [-0.39, 0.29) is 99.9 Å². The second-order valence-corrected chi connectivity index (χ2v) is 13.8. The average molecular weight is 742 g/mol. The summed E-state index contributed by atoms with van der Waals surface area (Å²) in [4.78, 5) is 0. The molecule has 0 amide bonds. The van der Waals surface area contributed by atoms with E-state index >= 15 is 0 Å². The topological polar surface area (TPSA) is 13.1 Å². The summed E-state index contributed by atoms with van der Waals surface area (Å²) < 4.78 is 238. The van der Waals surface area contributed by atoms with Crippen LogP contribution in [-0.2, 0) is 0 Å². The van der Waals surface area contributed by atoms with Crippen LogP contribution in [0.2, 0.25) is 0 Å². The first-order valence-electron chi connectivity index (χ1n) is 30.2. The Morgan fingerprint density at radius 1 is 0.357 bits per heavy atom. The van der Waals surface area contributed by atoms with E-state index in [1.807, 2.05) is 0 Å². The molecule has 0 aliphatic rings. The zero-order valence-corrected chi connectivity index (χ0v) is 30.4. The van der Waals surface area contributed by atoms with Crippen molar-refractivity contribution in [1.82, 2.24) is 0 Å². The fourth-order valence-electron chi connectivity index (χ4n) is 7.79. The van der Waals surface area contributed by atoms with Crippen molar-refractivity contribution in [3.8, 4) is 33.4 Å². The van der Waals surface area contributed by atoms with E-state index in [4.69, 9.17) is 18.1 Å². The molecule has 0 saturated carbocycles. The Bertz CT molecular complexity index is 4810. The molecule has 0 bridgehead atoms. The van der Waals surface area contributed by atoms with Crippen LogP contribution in [0.1, 0.15) is 62.1 Å². The molecule has 0 unspecified atom stereocenters. The van der Waals surface area contributed by atoms with Gasteiger partial charge in [-0.1, -0.05) is 138 Å². The molecular weight excluding hydrogens is 677 g/mol. The van der Waals surface area contributed by atoms with Crippen LogP contribution in [0, 0.1) is 34.6 Å². The Labute approximate surface area is 361 Å². The molecule has 11 rings (SSSR count). The number of fused-ring (bicyclic) bond motifs is 9. The van der Waals surface area contributed by atoms with Gasteiger partial charge in [0.1, 0.15) is 11.2 Å². The van der Waals surface area contributed by atoms with Gasteiger partial charge in [-0.15, -0.1) is 0 Å². The number of hydrogen-bond donors (Lipinski definition) is 0. The van der Waals surface area contributed by atoms with Crippen molar-refractivity contribution in [2.45, 2.75) is 34.6 Å². The van der Waals surface area contributed by atoms with Crippen LogP contribution in [0.3, 0.4) is 0 Å². The predicted octanol–water partition coefficient (Wildman–Crippen LogP) is 15.9. The van der Waals surface area contributed by atoms with Crippen molar-refractivity contribution >= 4 is 75.8 Å². The van der Waals surface area contributed by atoms with E-state index < -0.39 is 188 Å². The SMILES string of the molecule is [2H]c1c([2H])c(-c2c([2H])c(C)c([2H])c3c2c([2H])c(C)c2c([2H])c([2H])c([2H])c([2H])c23)c(C)c([2H])c1-c1c2c([2H])c([2H])c([2H])c([2H])c2c(-c2c(C)c([2H])c([2H])c3oc4c([2H])c5c([2H])c([2H])c([2H])c([2H])c5c([2H])c4c23)c2c([2H])c([2H])c(C)c([2H])c12. The van der Waals surface area contributed by atoms with Gasteiger partial charge in [-0.3, -0.25) is 0 Å². The maximum atomic E-state index is 10.1. The van der Waals surface area contributed by atoms with Crippen LogP contribution in [0.5, 0.6) is 0 Å². The third-order valence-corrected chi connectivity index (χ3v) is 10.2. The maximum absolute atomic E-state index is 10.1. The Hall–Kier alpha value is -6.70. The van der Waals surface area contributed by atoms with E-state index in [0.29, 0.717) is 0 Å². The average Bonchev–Trinajstić information content (AvgIpc) is 3.89. The molecule has 0 saturated heterocycles. The fourth-order valence-corrected chi connectivity index (χ4v) is 7.79. The van der Waals surface area contributed by atoms with Crippen molar-refractivity contribution in [2.75, 3.05) is 0 Å². The molecule has 1 aromatic heterocycles. The zero-order valence-electron chi connectivity index (χ0n) is 55.4. The number of benzene rings is 10. The van der Waals surface area contributed by atoms with Crippen LogP contribution < -0.4 is 0 Å². The van der Waals surface area contributed by atoms with Crippen molar-refractivity contribution in [3.05, 3.63) is 179 Å². The first kappa shape index (κ1) is 16.2. The molecular formula is C55H40O. The minimum Gasteiger partial charge on any atom is -0.456 e. The van der Waals surface area contributed by atoms with Gasteiger partial charge in [-0.05, 0) is 162 Å². The summed E-state index contributed by atoms with van der Waals surface area (Å²) in [6, 6.07) is -15.8. The number of aryl methyl sites for hydroxylation is 1. The number of furan rings is 1. The molecule has 10 aromatic carbocycles. The third-order valence-electron chi connectivity index (χ3n) is 10.2. The molecule has 0 atom stereocenters. The largest absolute Gasteiger partial charge is 0.456 e. The van der Waals surface area contributed by atoms with E-state index in [0.717, 1.165) is 0 Å².